The van der Waals surface area contributed by atoms with Crippen molar-refractivity contribution >= 4 is 33.4 Å². The number of aliphatic hydroxyl groups excluding tert-OH is 1. The molecule has 0 spiro atoms. The Labute approximate surface area is 845 Å². The fraction of sp³-hybridized carbons (Fsp3) is 0.513. The summed E-state index contributed by atoms with van der Waals surface area (Å²) in [6, 6.07) is 83.3. The van der Waals surface area contributed by atoms with Gasteiger partial charge in [-0.15, -0.1) is 0 Å². The molecular weight excluding hydrogens is 1830 g/mol. The molecule has 3 N–H and O–H groups in total. The van der Waals surface area contributed by atoms with Crippen molar-refractivity contribution in [1.82, 2.24) is 10.6 Å². The lowest BCUT2D eigenvalue weighted by Crippen LogP contribution is -2.74. The van der Waals surface area contributed by atoms with Gasteiger partial charge in [0, 0.05) is 12.8 Å². The lowest BCUT2D eigenvalue weighted by Gasteiger charge is -2.53. The van der Waals surface area contributed by atoms with Crippen LogP contribution in [0, 0.1) is 0 Å². The van der Waals surface area contributed by atoms with Crippen LogP contribution in [-0.2, 0) is 153 Å². The summed E-state index contributed by atoms with van der Waals surface area (Å²) in [5.74, 6) is -1.50. The Morgan fingerprint density at radius 2 is 0.697 bits per heavy atom. The first-order valence-corrected chi connectivity index (χ1v) is 55.5. The zero-order chi connectivity index (χ0) is 99.4. The van der Waals surface area contributed by atoms with Crippen molar-refractivity contribution in [3.05, 3.63) is 323 Å². The Bertz CT molecular complexity index is 4830. The van der Waals surface area contributed by atoms with E-state index in [1.165, 1.54) is 70.6 Å². The van der Waals surface area contributed by atoms with Gasteiger partial charge < -0.3 is 58.4 Å². The summed E-state index contributed by atoms with van der Waals surface area (Å²) in [7, 11) is -9.47. The highest BCUT2D eigenvalue weighted by Gasteiger charge is 2.60. The summed E-state index contributed by atoms with van der Waals surface area (Å²) in [4.78, 5) is 46.6. The van der Waals surface area contributed by atoms with E-state index in [2.05, 4.69) is 31.4 Å². The second kappa shape index (κ2) is 66.4. The van der Waals surface area contributed by atoms with Gasteiger partial charge in [0.1, 0.15) is 54.3 Å². The molecule has 0 aromatic heterocycles. The molecule has 9 aromatic rings. The van der Waals surface area contributed by atoms with Gasteiger partial charge in [0.25, 0.3) is 0 Å². The minimum atomic E-state index is -4.86. The number of rotatable bonds is 74. The van der Waals surface area contributed by atoms with Crippen LogP contribution in [0.5, 0.6) is 0 Å². The molecule has 12 atom stereocenters. The molecule has 2 aliphatic heterocycles. The van der Waals surface area contributed by atoms with E-state index in [4.69, 9.17) is 69.8 Å². The number of benzene rings is 9. The third-order valence-electron chi connectivity index (χ3n) is 26.1. The molecule has 11 rings (SSSR count). The second-order valence-electron chi connectivity index (χ2n) is 37.7. The fourth-order valence-corrected chi connectivity index (χ4v) is 20.5. The van der Waals surface area contributed by atoms with E-state index in [0.717, 1.165) is 118 Å². The summed E-state index contributed by atoms with van der Waals surface area (Å²) >= 11 is 0. The van der Waals surface area contributed by atoms with Gasteiger partial charge in [-0.1, -0.05) is 454 Å². The molecule has 0 saturated carbocycles. The van der Waals surface area contributed by atoms with Crippen LogP contribution in [-0.4, -0.2) is 116 Å². The number of hydrogen-bond donors (Lipinski definition) is 3. The molecule has 2 saturated heterocycles. The second-order valence-corrected chi connectivity index (χ2v) is 41.0. The molecule has 9 aromatic carbocycles. The zero-order valence-electron chi connectivity index (χ0n) is 84.2. The molecule has 0 bridgehead atoms. The Morgan fingerprint density at radius 1 is 0.352 bits per heavy atom. The molecule has 2 aliphatic rings. The molecule has 0 aliphatic carbocycles. The van der Waals surface area contributed by atoms with Gasteiger partial charge in [0.2, 0.25) is 11.8 Å². The first-order valence-electron chi connectivity index (χ1n) is 52.6. The van der Waals surface area contributed by atoms with E-state index in [-0.39, 0.29) is 97.7 Å². The number of esters is 1. The number of nitrogens with one attached hydrogen (secondary N) is 2. The van der Waals surface area contributed by atoms with Crippen LogP contribution in [0.25, 0.3) is 0 Å². The fourth-order valence-electron chi connectivity index (χ4n) is 18.0. The van der Waals surface area contributed by atoms with Crippen LogP contribution >= 0.6 is 15.6 Å². The number of phosphoric ester groups is 2. The number of unbranched alkanes of at least 4 members (excludes halogenated alkanes) is 24. The standard InChI is InChI=1S/C117H158N2O21P2/c1-4-7-10-13-16-19-22-25-55-76-103(127-84-95-60-39-29-40-61-95)81-108(121)119-117(79-80-132-141(124,133-88-99-68-47-33-48-69-99)134-89-100-70-49-34-50-71-100)114(130-87-98-66-45-32-46-67-98)112(128-85-96-62-41-30-42-63-96)106(139-116(117)123)93-131-115-110(118-107(120)82-104(77-56-26-23-20-17-14-11-8-5-2)137-109(122)78-57-27-24-21-18-15-12-9-6-3)113(129-86-97-64-43-31-44-65-97)111(105(138-115)92-126-83-94-58-37-28-38-59-94)140-142(125,135-90-101-72-51-35-52-73-101)136-91-102-74-53-36-54-75-102/h28-54,58-75,103-106,110-116,123H,4-27,55-57,76-93H2,1-3H3,(H,118,120)(H,119,121)/t103-,104-,105-,106-,110-,111-,112-,113-,114+,115-,116+,117-/m1/s1. The van der Waals surface area contributed by atoms with E-state index >= 15 is 18.7 Å². The van der Waals surface area contributed by atoms with E-state index in [1.807, 2.05) is 273 Å². The van der Waals surface area contributed by atoms with Crippen molar-refractivity contribution in [3.63, 3.8) is 0 Å². The first-order chi connectivity index (χ1) is 69.7. The molecule has 2 heterocycles. The summed E-state index contributed by atoms with van der Waals surface area (Å²) in [5, 5.41) is 20.7. The summed E-state index contributed by atoms with van der Waals surface area (Å²) in [6.07, 6.45) is 15.4. The lowest BCUT2D eigenvalue weighted by molar-refractivity contribution is -0.324. The average molecular weight is 1990 g/mol. The van der Waals surface area contributed by atoms with Gasteiger partial charge in [0.15, 0.2) is 12.6 Å². The van der Waals surface area contributed by atoms with Crippen LogP contribution in [0.2, 0.25) is 0 Å². The Morgan fingerprint density at radius 3 is 1.12 bits per heavy atom. The van der Waals surface area contributed by atoms with Gasteiger partial charge in [-0.25, -0.2) is 9.13 Å². The molecule has 0 radical (unpaired) electrons. The summed E-state index contributed by atoms with van der Waals surface area (Å²) in [6.45, 7) is 4.51. The van der Waals surface area contributed by atoms with Crippen LogP contribution in [0.4, 0.5) is 0 Å². The minimum Gasteiger partial charge on any atom is -0.462 e. The number of phosphoric acid groups is 2. The van der Waals surface area contributed by atoms with Crippen molar-refractivity contribution < 1.29 is 98.4 Å². The first kappa shape index (κ1) is 114. The van der Waals surface area contributed by atoms with Crippen molar-refractivity contribution in [2.45, 2.75) is 365 Å². The number of carbonyl (C=O) groups excluding carboxylic acids is 3. The molecule has 2 amide bonds. The molecule has 25 heteroatoms. The smallest absolute Gasteiger partial charge is 0.462 e. The number of ether oxygens (including phenoxy) is 9. The highest BCUT2D eigenvalue weighted by atomic mass is 31.2. The van der Waals surface area contributed by atoms with E-state index < -0.39 is 114 Å². The van der Waals surface area contributed by atoms with Crippen molar-refractivity contribution in [3.8, 4) is 0 Å². The van der Waals surface area contributed by atoms with Gasteiger partial charge in [-0.3, -0.25) is 41.5 Å². The highest BCUT2D eigenvalue weighted by molar-refractivity contribution is 7.48. The van der Waals surface area contributed by atoms with Gasteiger partial charge in [-0.05, 0) is 75.8 Å². The van der Waals surface area contributed by atoms with Gasteiger partial charge >= 0.3 is 21.6 Å². The molecule has 142 heavy (non-hydrogen) atoms. The van der Waals surface area contributed by atoms with Crippen molar-refractivity contribution in [2.24, 2.45) is 0 Å². The highest BCUT2D eigenvalue weighted by Crippen LogP contribution is 2.55. The molecule has 0 unspecified atom stereocenters. The Kier molecular flexibility index (Phi) is 53.1. The topological polar surface area (TPSA) is 268 Å². The maximum Gasteiger partial charge on any atom is 0.475 e. The molecule has 23 nitrogen and oxygen atoms in total. The van der Waals surface area contributed by atoms with E-state index in [1.54, 1.807) is 0 Å². The minimum absolute atomic E-state index is 0.0705. The van der Waals surface area contributed by atoms with Crippen LogP contribution in [0.1, 0.15) is 283 Å². The van der Waals surface area contributed by atoms with E-state index in [9.17, 15) is 9.90 Å². The number of amides is 2. The third kappa shape index (κ3) is 42.4. The summed E-state index contributed by atoms with van der Waals surface area (Å²) < 4.78 is 135. The number of hydrogen-bond acceptors (Lipinski definition) is 21. The molecule has 2 fully saturated rings. The van der Waals surface area contributed by atoms with Crippen LogP contribution in [0.15, 0.2) is 273 Å². The Hall–Kier alpha value is -8.75. The lowest BCUT2D eigenvalue weighted by atomic mass is 9.80. The molecular formula is C117H158N2O21P2. The quantitative estimate of drug-likeness (QED) is 0.0182. The van der Waals surface area contributed by atoms with Crippen LogP contribution < -0.4 is 10.6 Å². The third-order valence-corrected chi connectivity index (χ3v) is 28.8. The predicted octanol–water partition coefficient (Wildman–Crippen LogP) is 26.7. The number of aliphatic hydroxyl groups is 1. The van der Waals surface area contributed by atoms with Gasteiger partial charge in [0.05, 0.1) is 98.2 Å². The monoisotopic (exact) mass is 1990 g/mol. The normalized spacial score (nSPS) is 19.2. The number of carbonyl (C=O) groups is 3. The van der Waals surface area contributed by atoms with Crippen LogP contribution in [0.3, 0.4) is 0 Å². The SMILES string of the molecule is CCCCCCCCCCCC(=O)O[C@H](CCCCCCCCCCC)CC(=O)N[C@H]1[C@H](OC[C@H]2O[C@H](O)[C@](CCOP(=O)(OCc3ccccc3)OCc3ccccc3)(NC(=O)C[C@@H](CCCCCCCCCCC)OCc3ccccc3)[C@@H](OCc3ccccc3)[C@@H]2OCc2ccccc2)O[C@H](COCc2ccccc2)[C@@H](OP(=O)(OCc2ccccc2)OCc2ccccc2)[C@@H]1OCc1ccccc1. The average Bonchev–Trinajstić information content (AvgIpc) is 0.750. The maximum absolute atomic E-state index is 16.4. The van der Waals surface area contributed by atoms with Gasteiger partial charge in [-0.2, -0.15) is 0 Å². The van der Waals surface area contributed by atoms with E-state index in [0.29, 0.717) is 47.9 Å². The van der Waals surface area contributed by atoms with Crippen molar-refractivity contribution in [1.29, 1.82) is 0 Å². The maximum atomic E-state index is 16.4. The summed E-state index contributed by atoms with van der Waals surface area (Å²) in [5.41, 5.74) is 4.52. The Balaban J connectivity index is 1.02. The zero-order valence-corrected chi connectivity index (χ0v) is 85.9. The van der Waals surface area contributed by atoms with Crippen molar-refractivity contribution in [2.75, 3.05) is 19.8 Å². The largest absolute Gasteiger partial charge is 0.475 e. The predicted molar refractivity (Wildman–Crippen MR) is 555 cm³/mol. The molecule has 772 valence electrons.